The number of carbonyl (C=O) groups excluding carboxylic acids is 1. The van der Waals surface area contributed by atoms with E-state index in [4.69, 9.17) is 30.8 Å². The number of aryl methyl sites for hydroxylation is 1. The second-order valence-corrected chi connectivity index (χ2v) is 7.41. The summed E-state index contributed by atoms with van der Waals surface area (Å²) in [6, 6.07) is 6.90. The summed E-state index contributed by atoms with van der Waals surface area (Å²) in [7, 11) is 2.83. The molecule has 0 bridgehead atoms. The van der Waals surface area contributed by atoms with Crippen molar-refractivity contribution >= 4 is 40.1 Å². The number of pyridine rings is 1. The van der Waals surface area contributed by atoms with Crippen molar-refractivity contribution in [2.45, 2.75) is 32.4 Å². The minimum atomic E-state index is -0.483. The van der Waals surface area contributed by atoms with Crippen LogP contribution in [-0.4, -0.2) is 41.3 Å². The third-order valence-corrected chi connectivity index (χ3v) is 5.32. The van der Waals surface area contributed by atoms with Gasteiger partial charge in [-0.3, -0.25) is 4.57 Å². The van der Waals surface area contributed by atoms with E-state index in [1.165, 1.54) is 14.2 Å². The molecule has 1 aromatic carbocycles. The van der Waals surface area contributed by atoms with E-state index in [1.807, 2.05) is 11.5 Å². The van der Waals surface area contributed by atoms with Crippen LogP contribution in [0, 0.1) is 6.92 Å². The lowest BCUT2D eigenvalue weighted by atomic mass is 10.1. The van der Waals surface area contributed by atoms with Crippen LogP contribution in [0.5, 0.6) is 5.75 Å². The van der Waals surface area contributed by atoms with Crippen LogP contribution in [0.25, 0.3) is 11.2 Å². The summed E-state index contributed by atoms with van der Waals surface area (Å²) >= 11 is 6.35. The number of carbonyl (C=O) groups is 1. The van der Waals surface area contributed by atoms with E-state index in [0.717, 1.165) is 25.1 Å². The molecule has 4 rings (SSSR count). The highest BCUT2D eigenvalue weighted by Crippen LogP contribution is 2.36. The van der Waals surface area contributed by atoms with Crippen molar-refractivity contribution in [1.29, 1.82) is 0 Å². The molecule has 1 saturated heterocycles. The summed E-state index contributed by atoms with van der Waals surface area (Å²) < 4.78 is 18.3. The van der Waals surface area contributed by atoms with Crippen molar-refractivity contribution < 1.29 is 19.0 Å². The highest BCUT2D eigenvalue weighted by Gasteiger charge is 2.24. The Bertz CT molecular complexity index is 1090. The van der Waals surface area contributed by atoms with Gasteiger partial charge in [0.05, 0.1) is 25.6 Å². The van der Waals surface area contributed by atoms with Gasteiger partial charge in [-0.15, -0.1) is 0 Å². The summed E-state index contributed by atoms with van der Waals surface area (Å²) in [5.41, 5.74) is 2.88. The number of ether oxygens (including phenoxy) is 3. The van der Waals surface area contributed by atoms with E-state index in [9.17, 15) is 4.79 Å². The van der Waals surface area contributed by atoms with Gasteiger partial charge in [-0.2, -0.15) is 0 Å². The summed E-state index contributed by atoms with van der Waals surface area (Å²) in [4.78, 5) is 21.3. The number of halogens is 1. The molecule has 0 saturated carbocycles. The summed E-state index contributed by atoms with van der Waals surface area (Å²) in [5, 5.41) is 3.62. The average molecular weight is 431 g/mol. The SMILES string of the molecule is COC(=O)c1cccc(Nc2cc(Cl)nc3c2nc(C)n3C2CCCCO2)c1OC. The topological polar surface area (TPSA) is 87.5 Å². The Morgan fingerprint density at radius 3 is 2.80 bits per heavy atom. The van der Waals surface area contributed by atoms with Crippen molar-refractivity contribution in [1.82, 2.24) is 14.5 Å². The van der Waals surface area contributed by atoms with Crippen LogP contribution in [0.15, 0.2) is 24.3 Å². The van der Waals surface area contributed by atoms with E-state index in [1.54, 1.807) is 24.3 Å². The predicted octanol–water partition coefficient (Wildman–Crippen LogP) is 4.63. The van der Waals surface area contributed by atoms with Gasteiger partial charge < -0.3 is 19.5 Å². The smallest absolute Gasteiger partial charge is 0.341 e. The summed E-state index contributed by atoms with van der Waals surface area (Å²) in [5.74, 6) is 0.685. The van der Waals surface area contributed by atoms with E-state index < -0.39 is 5.97 Å². The van der Waals surface area contributed by atoms with Crippen LogP contribution in [0.4, 0.5) is 11.4 Å². The molecule has 9 heteroatoms. The molecular formula is C21H23ClN4O4. The fraction of sp³-hybridized carbons (Fsp3) is 0.381. The minimum Gasteiger partial charge on any atom is -0.494 e. The Morgan fingerprint density at radius 2 is 2.10 bits per heavy atom. The lowest BCUT2D eigenvalue weighted by molar-refractivity contribution is -0.0309. The number of esters is 1. The monoisotopic (exact) mass is 430 g/mol. The maximum Gasteiger partial charge on any atom is 0.341 e. The van der Waals surface area contributed by atoms with Gasteiger partial charge in [0.25, 0.3) is 0 Å². The fourth-order valence-electron chi connectivity index (χ4n) is 3.78. The number of aromatic nitrogens is 3. The number of nitrogens with zero attached hydrogens (tertiary/aromatic N) is 3. The molecule has 2 aromatic heterocycles. The number of imidazole rings is 1. The van der Waals surface area contributed by atoms with Crippen LogP contribution < -0.4 is 10.1 Å². The fourth-order valence-corrected chi connectivity index (χ4v) is 3.97. The van der Waals surface area contributed by atoms with Crippen LogP contribution in [0.2, 0.25) is 5.15 Å². The Balaban J connectivity index is 1.80. The number of fused-ring (bicyclic) bond motifs is 1. The molecule has 1 fully saturated rings. The second kappa shape index (κ2) is 8.49. The summed E-state index contributed by atoms with van der Waals surface area (Å²) in [6.07, 6.45) is 2.94. The molecule has 0 radical (unpaired) electrons. The molecule has 0 spiro atoms. The molecule has 1 aliphatic rings. The number of hydrogen-bond acceptors (Lipinski definition) is 7. The molecule has 158 valence electrons. The number of nitrogens with one attached hydrogen (secondary N) is 1. The zero-order chi connectivity index (χ0) is 21.3. The van der Waals surface area contributed by atoms with Crippen molar-refractivity contribution in [3.8, 4) is 5.75 Å². The Kier molecular flexibility index (Phi) is 5.78. The normalized spacial score (nSPS) is 16.5. The molecular weight excluding hydrogens is 408 g/mol. The first-order valence-electron chi connectivity index (χ1n) is 9.72. The van der Waals surface area contributed by atoms with Crippen LogP contribution in [0.1, 0.15) is 41.7 Å². The van der Waals surface area contributed by atoms with Gasteiger partial charge in [-0.1, -0.05) is 17.7 Å². The highest BCUT2D eigenvalue weighted by molar-refractivity contribution is 6.30. The zero-order valence-corrected chi connectivity index (χ0v) is 17.8. The van der Waals surface area contributed by atoms with Gasteiger partial charge in [-0.25, -0.2) is 14.8 Å². The Hall–Kier alpha value is -2.84. The number of rotatable bonds is 5. The second-order valence-electron chi connectivity index (χ2n) is 7.02. The van der Waals surface area contributed by atoms with E-state index >= 15 is 0 Å². The lowest BCUT2D eigenvalue weighted by Gasteiger charge is -2.25. The highest BCUT2D eigenvalue weighted by atomic mass is 35.5. The quantitative estimate of drug-likeness (QED) is 0.466. The first-order chi connectivity index (χ1) is 14.5. The van der Waals surface area contributed by atoms with E-state index in [0.29, 0.717) is 45.6 Å². The van der Waals surface area contributed by atoms with Crippen molar-refractivity contribution in [2.75, 3.05) is 26.1 Å². The molecule has 0 aliphatic carbocycles. The van der Waals surface area contributed by atoms with Crippen molar-refractivity contribution in [2.24, 2.45) is 0 Å². The standard InChI is InChI=1S/C21H23ClN4O4/c1-12-23-18-15(24-14-8-6-7-13(19(14)28-2)21(27)29-3)11-16(22)25-20(18)26(12)17-9-4-5-10-30-17/h6-8,11,17H,4-5,9-10H2,1-3H3,(H,24,25). The zero-order valence-electron chi connectivity index (χ0n) is 17.1. The van der Waals surface area contributed by atoms with Gasteiger partial charge >= 0.3 is 5.97 Å². The molecule has 1 unspecified atom stereocenters. The van der Waals surface area contributed by atoms with Gasteiger partial charge in [0, 0.05) is 12.7 Å². The van der Waals surface area contributed by atoms with Crippen molar-refractivity contribution in [3.05, 3.63) is 40.8 Å². The molecule has 0 amide bonds. The maximum absolute atomic E-state index is 12.1. The number of hydrogen-bond donors (Lipinski definition) is 1. The van der Waals surface area contributed by atoms with Crippen LogP contribution in [0.3, 0.4) is 0 Å². The van der Waals surface area contributed by atoms with Crippen LogP contribution in [-0.2, 0) is 9.47 Å². The number of methoxy groups -OCH3 is 2. The van der Waals surface area contributed by atoms with Gasteiger partial charge in [0.2, 0.25) is 0 Å². The van der Waals surface area contributed by atoms with Gasteiger partial charge in [0.1, 0.15) is 28.3 Å². The molecule has 1 aliphatic heterocycles. The average Bonchev–Trinajstić information content (AvgIpc) is 3.09. The first-order valence-corrected chi connectivity index (χ1v) is 10.1. The molecule has 1 atom stereocenters. The van der Waals surface area contributed by atoms with Crippen molar-refractivity contribution in [3.63, 3.8) is 0 Å². The minimum absolute atomic E-state index is 0.111. The maximum atomic E-state index is 12.1. The first kappa shape index (κ1) is 20.4. The predicted molar refractivity (Wildman–Crippen MR) is 114 cm³/mol. The third kappa shape index (κ3) is 3.68. The largest absolute Gasteiger partial charge is 0.494 e. The molecule has 3 heterocycles. The van der Waals surface area contributed by atoms with Gasteiger partial charge in [-0.05, 0) is 38.3 Å². The summed E-state index contributed by atoms with van der Waals surface area (Å²) in [6.45, 7) is 2.64. The molecule has 8 nitrogen and oxygen atoms in total. The lowest BCUT2D eigenvalue weighted by Crippen LogP contribution is -2.19. The number of para-hydroxylation sites is 1. The Labute approximate surface area is 179 Å². The van der Waals surface area contributed by atoms with E-state index in [2.05, 4.69) is 10.3 Å². The molecule has 3 aromatic rings. The van der Waals surface area contributed by atoms with E-state index in [-0.39, 0.29) is 6.23 Å². The Morgan fingerprint density at radius 1 is 1.27 bits per heavy atom. The third-order valence-electron chi connectivity index (χ3n) is 5.13. The van der Waals surface area contributed by atoms with Crippen LogP contribution >= 0.6 is 11.6 Å². The molecule has 30 heavy (non-hydrogen) atoms. The molecule has 1 N–H and O–H groups in total. The van der Waals surface area contributed by atoms with Gasteiger partial charge in [0.15, 0.2) is 11.4 Å². The number of anilines is 2. The number of benzene rings is 1.